The lowest BCUT2D eigenvalue weighted by Crippen LogP contribution is -2.19. The Bertz CT molecular complexity index is 1130. The van der Waals surface area contributed by atoms with Crippen molar-refractivity contribution in [3.8, 4) is 10.4 Å². The van der Waals surface area contributed by atoms with Crippen molar-refractivity contribution >= 4 is 21.4 Å². The number of hydrogen-bond donors (Lipinski definition) is 0. The minimum atomic E-state index is -3.79. The third kappa shape index (κ3) is 3.89. The van der Waals surface area contributed by atoms with Crippen molar-refractivity contribution in [2.75, 3.05) is 0 Å². The van der Waals surface area contributed by atoms with Crippen molar-refractivity contribution in [1.29, 1.82) is 0 Å². The van der Waals surface area contributed by atoms with Crippen LogP contribution in [0.1, 0.15) is 18.5 Å². The van der Waals surface area contributed by atoms with E-state index in [1.54, 1.807) is 42.5 Å². The minimum Gasteiger partial charge on any atom is -0.320 e. The van der Waals surface area contributed by atoms with Gasteiger partial charge in [-0.1, -0.05) is 41.7 Å². The van der Waals surface area contributed by atoms with Crippen LogP contribution in [-0.2, 0) is 16.6 Å². The molecule has 0 saturated heterocycles. The van der Waals surface area contributed by atoms with Crippen LogP contribution < -0.4 is 4.80 Å². The zero-order valence-electron chi connectivity index (χ0n) is 14.8. The number of nitrogens with zero attached hydrogens (tertiary/aromatic N) is 2. The minimum absolute atomic E-state index is 0.178. The summed E-state index contributed by atoms with van der Waals surface area (Å²) in [6.07, 6.45) is 2.30. The molecule has 0 aliphatic heterocycles. The van der Waals surface area contributed by atoms with E-state index in [0.717, 1.165) is 35.5 Å². The van der Waals surface area contributed by atoms with Crippen molar-refractivity contribution in [3.63, 3.8) is 0 Å². The third-order valence-electron chi connectivity index (χ3n) is 4.64. The number of rotatable bonds is 5. The number of thiazole rings is 1. The average molecular weight is 403 g/mol. The molecular formula is C20H19FN2O2S2. The molecule has 0 amide bonds. The fourth-order valence-electron chi connectivity index (χ4n) is 2.94. The molecule has 7 heteroatoms. The van der Waals surface area contributed by atoms with Crippen LogP contribution in [0.2, 0.25) is 0 Å². The van der Waals surface area contributed by atoms with Crippen molar-refractivity contribution in [3.05, 3.63) is 70.9 Å². The Labute approximate surface area is 161 Å². The fourth-order valence-corrected chi connectivity index (χ4v) is 5.32. The maximum Gasteiger partial charge on any atom is 0.285 e. The molecule has 27 heavy (non-hydrogen) atoms. The van der Waals surface area contributed by atoms with E-state index < -0.39 is 10.0 Å². The summed E-state index contributed by atoms with van der Waals surface area (Å²) >= 11 is 1.33. The topological polar surface area (TPSA) is 51.4 Å². The molecule has 4 nitrogen and oxygen atoms in total. The molecule has 1 heterocycles. The zero-order valence-corrected chi connectivity index (χ0v) is 16.4. The highest BCUT2D eigenvalue weighted by Gasteiger charge is 2.25. The second-order valence-electron chi connectivity index (χ2n) is 6.74. The summed E-state index contributed by atoms with van der Waals surface area (Å²) in [5.74, 6) is 0.271. The highest BCUT2D eigenvalue weighted by Crippen LogP contribution is 2.33. The lowest BCUT2D eigenvalue weighted by atomic mass is 10.1. The Balaban J connectivity index is 1.86. The summed E-state index contributed by atoms with van der Waals surface area (Å²) in [7, 11) is -3.79. The predicted octanol–water partition coefficient (Wildman–Crippen LogP) is 4.36. The molecule has 0 unspecified atom stereocenters. The van der Waals surface area contributed by atoms with Crippen LogP contribution in [0.25, 0.3) is 10.4 Å². The van der Waals surface area contributed by atoms with E-state index in [0.29, 0.717) is 10.7 Å². The van der Waals surface area contributed by atoms with Gasteiger partial charge in [0.05, 0.1) is 9.77 Å². The van der Waals surface area contributed by atoms with Crippen molar-refractivity contribution in [2.24, 2.45) is 10.3 Å². The van der Waals surface area contributed by atoms with Crippen LogP contribution in [0.3, 0.4) is 0 Å². The molecule has 0 radical (unpaired) electrons. The maximum absolute atomic E-state index is 13.3. The summed E-state index contributed by atoms with van der Waals surface area (Å²) in [5.41, 5.74) is 1.82. The van der Waals surface area contributed by atoms with Gasteiger partial charge in [-0.3, -0.25) is 0 Å². The standard InChI is InChI=1S/C20H19FN2O2S2/c1-14-19(16-9-11-17(21)12-10-16)26-20(23(14)13-15-7-8-15)22-27(24,25)18-5-3-2-4-6-18/h2-6,9-12,15H,7-8,13H2,1H3. The summed E-state index contributed by atoms with van der Waals surface area (Å²) in [6.45, 7) is 2.72. The van der Waals surface area contributed by atoms with Gasteiger partial charge in [-0.15, -0.1) is 4.40 Å². The quantitative estimate of drug-likeness (QED) is 0.637. The van der Waals surface area contributed by atoms with Gasteiger partial charge < -0.3 is 4.57 Å². The van der Waals surface area contributed by atoms with E-state index >= 15 is 0 Å². The van der Waals surface area contributed by atoms with Crippen LogP contribution in [0.5, 0.6) is 0 Å². The van der Waals surface area contributed by atoms with Gasteiger partial charge in [0.25, 0.3) is 10.0 Å². The van der Waals surface area contributed by atoms with Crippen molar-refractivity contribution in [1.82, 2.24) is 4.57 Å². The van der Waals surface area contributed by atoms with E-state index in [1.807, 2.05) is 11.5 Å². The van der Waals surface area contributed by atoms with Gasteiger partial charge in [0.15, 0.2) is 0 Å². The summed E-state index contributed by atoms with van der Waals surface area (Å²) in [5, 5.41) is 0. The van der Waals surface area contributed by atoms with Gasteiger partial charge in [-0.2, -0.15) is 8.42 Å². The third-order valence-corrected chi connectivity index (χ3v) is 7.27. The summed E-state index contributed by atoms with van der Waals surface area (Å²) in [6, 6.07) is 14.5. The Morgan fingerprint density at radius 2 is 1.78 bits per heavy atom. The first kappa shape index (κ1) is 18.1. The molecule has 0 spiro atoms. The molecule has 1 saturated carbocycles. The molecule has 1 aliphatic carbocycles. The van der Waals surface area contributed by atoms with E-state index in [1.165, 1.54) is 23.5 Å². The second-order valence-corrected chi connectivity index (χ2v) is 9.32. The van der Waals surface area contributed by atoms with E-state index in [2.05, 4.69) is 4.40 Å². The molecule has 1 aromatic heterocycles. The first-order valence-electron chi connectivity index (χ1n) is 8.76. The molecule has 0 atom stereocenters. The van der Waals surface area contributed by atoms with Crippen LogP contribution in [-0.4, -0.2) is 13.0 Å². The lowest BCUT2D eigenvalue weighted by Gasteiger charge is -2.06. The van der Waals surface area contributed by atoms with Gasteiger partial charge in [-0.25, -0.2) is 4.39 Å². The number of benzene rings is 2. The molecule has 1 fully saturated rings. The fraction of sp³-hybridized carbons (Fsp3) is 0.250. The number of halogens is 1. The Morgan fingerprint density at radius 1 is 1.11 bits per heavy atom. The van der Waals surface area contributed by atoms with Crippen LogP contribution in [0.15, 0.2) is 63.9 Å². The predicted molar refractivity (Wildman–Crippen MR) is 104 cm³/mol. The molecular weight excluding hydrogens is 383 g/mol. The molecule has 140 valence electrons. The number of hydrogen-bond acceptors (Lipinski definition) is 3. The smallest absolute Gasteiger partial charge is 0.285 e. The van der Waals surface area contributed by atoms with Gasteiger partial charge >= 0.3 is 0 Å². The lowest BCUT2D eigenvalue weighted by molar-refractivity contribution is 0.585. The molecule has 4 rings (SSSR count). The Morgan fingerprint density at radius 3 is 2.41 bits per heavy atom. The highest BCUT2D eigenvalue weighted by atomic mass is 32.2. The first-order valence-corrected chi connectivity index (χ1v) is 11.0. The Kier molecular flexibility index (Phi) is 4.74. The average Bonchev–Trinajstić information content (AvgIpc) is 3.43. The zero-order chi connectivity index (χ0) is 19.0. The highest BCUT2D eigenvalue weighted by molar-refractivity contribution is 7.90. The van der Waals surface area contributed by atoms with E-state index in [9.17, 15) is 12.8 Å². The van der Waals surface area contributed by atoms with Crippen LogP contribution >= 0.6 is 11.3 Å². The monoisotopic (exact) mass is 402 g/mol. The van der Waals surface area contributed by atoms with Crippen molar-refractivity contribution < 1.29 is 12.8 Å². The maximum atomic E-state index is 13.3. The van der Waals surface area contributed by atoms with E-state index in [-0.39, 0.29) is 10.7 Å². The number of sulfonamides is 1. The normalized spacial score (nSPS) is 15.3. The first-order chi connectivity index (χ1) is 12.9. The molecule has 0 bridgehead atoms. The largest absolute Gasteiger partial charge is 0.320 e. The number of aromatic nitrogens is 1. The summed E-state index contributed by atoms with van der Waals surface area (Å²) in [4.78, 5) is 1.55. The van der Waals surface area contributed by atoms with Gasteiger partial charge in [0, 0.05) is 12.2 Å². The van der Waals surface area contributed by atoms with Crippen LogP contribution in [0, 0.1) is 18.7 Å². The molecule has 2 aromatic carbocycles. The molecule has 3 aromatic rings. The van der Waals surface area contributed by atoms with Gasteiger partial charge in [0.1, 0.15) is 5.82 Å². The van der Waals surface area contributed by atoms with Crippen molar-refractivity contribution in [2.45, 2.75) is 31.2 Å². The van der Waals surface area contributed by atoms with E-state index in [4.69, 9.17) is 0 Å². The Hall–Kier alpha value is -2.25. The molecule has 0 N–H and O–H groups in total. The molecule has 1 aliphatic rings. The summed E-state index contributed by atoms with van der Waals surface area (Å²) < 4.78 is 44.9. The SMILES string of the molecule is Cc1c(-c2ccc(F)cc2)sc(=NS(=O)(=O)c2ccccc2)n1CC1CC1. The van der Waals surface area contributed by atoms with Crippen LogP contribution in [0.4, 0.5) is 4.39 Å². The van der Waals surface area contributed by atoms with Gasteiger partial charge in [0.2, 0.25) is 4.80 Å². The van der Waals surface area contributed by atoms with Gasteiger partial charge in [-0.05, 0) is 55.5 Å². The second kappa shape index (κ2) is 7.05.